The van der Waals surface area contributed by atoms with Gasteiger partial charge in [-0.1, -0.05) is 0 Å². The highest BCUT2D eigenvalue weighted by Crippen LogP contribution is 2.13. The summed E-state index contributed by atoms with van der Waals surface area (Å²) >= 11 is 3.29. The summed E-state index contributed by atoms with van der Waals surface area (Å²) in [6.07, 6.45) is 6.94. The maximum Gasteiger partial charge on any atom is 0.125 e. The van der Waals surface area contributed by atoms with Crippen LogP contribution in [0, 0.1) is 12.3 Å². The molecule has 0 aromatic carbocycles. The van der Waals surface area contributed by atoms with Crippen LogP contribution in [0.3, 0.4) is 0 Å². The second kappa shape index (κ2) is 2.89. The predicted octanol–water partition coefficient (Wildman–Crippen LogP) is 1.65. The van der Waals surface area contributed by atoms with E-state index in [1.165, 1.54) is 0 Å². The molecule has 0 bridgehead atoms. The lowest BCUT2D eigenvalue weighted by Gasteiger charge is -1.95. The van der Waals surface area contributed by atoms with Gasteiger partial charge in [0.05, 0.1) is 10.7 Å². The Balaban J connectivity index is 3.17. The van der Waals surface area contributed by atoms with Crippen LogP contribution in [0.15, 0.2) is 10.7 Å². The zero-order valence-corrected chi connectivity index (χ0v) is 7.22. The average molecular weight is 199 g/mol. The molecule has 0 saturated heterocycles. The monoisotopic (exact) mass is 198 g/mol. The van der Waals surface area contributed by atoms with Gasteiger partial charge in [0.15, 0.2) is 0 Å². The molecule has 0 unspecified atom stereocenters. The second-order valence-corrected chi connectivity index (χ2v) is 2.66. The van der Waals surface area contributed by atoms with E-state index in [2.05, 4.69) is 26.9 Å². The first-order valence-corrected chi connectivity index (χ1v) is 3.76. The maximum atomic E-state index is 5.23. The van der Waals surface area contributed by atoms with E-state index in [0.29, 0.717) is 0 Å². The predicted molar refractivity (Wildman–Crippen MR) is 43.5 cm³/mol. The van der Waals surface area contributed by atoms with Gasteiger partial charge >= 0.3 is 0 Å². The van der Waals surface area contributed by atoms with Crippen molar-refractivity contribution in [1.82, 2.24) is 9.78 Å². The Hall–Kier alpha value is -0.750. The first-order chi connectivity index (χ1) is 4.79. The third-order valence-corrected chi connectivity index (χ3v) is 1.81. The first-order valence-electron chi connectivity index (χ1n) is 2.97. The van der Waals surface area contributed by atoms with Crippen LogP contribution in [0.25, 0.3) is 0 Å². The van der Waals surface area contributed by atoms with Crippen LogP contribution in [-0.2, 0) is 6.54 Å². The fourth-order valence-corrected chi connectivity index (χ4v) is 1.16. The molecular formula is C7H7BrN2. The Labute approximate surface area is 68.4 Å². The van der Waals surface area contributed by atoms with E-state index in [4.69, 9.17) is 6.42 Å². The quantitative estimate of drug-likeness (QED) is 0.628. The summed E-state index contributed by atoms with van der Waals surface area (Å²) in [5, 5.41) is 4.03. The van der Waals surface area contributed by atoms with E-state index in [1.54, 1.807) is 10.9 Å². The molecule has 10 heavy (non-hydrogen) atoms. The Bertz CT molecular complexity index is 270. The van der Waals surface area contributed by atoms with E-state index < -0.39 is 0 Å². The van der Waals surface area contributed by atoms with Gasteiger partial charge in [-0.2, -0.15) is 5.10 Å². The highest BCUT2D eigenvalue weighted by atomic mass is 79.9. The summed E-state index contributed by atoms with van der Waals surface area (Å²) in [4.78, 5) is 0. The van der Waals surface area contributed by atoms with Crippen LogP contribution < -0.4 is 0 Å². The van der Waals surface area contributed by atoms with Gasteiger partial charge < -0.3 is 0 Å². The minimum absolute atomic E-state index is 0.808. The van der Waals surface area contributed by atoms with Crippen molar-refractivity contribution < 1.29 is 0 Å². The molecule has 1 aromatic heterocycles. The Morgan fingerprint density at radius 2 is 2.60 bits per heavy atom. The van der Waals surface area contributed by atoms with E-state index in [-0.39, 0.29) is 0 Å². The highest BCUT2D eigenvalue weighted by Gasteiger charge is 2.02. The summed E-state index contributed by atoms with van der Waals surface area (Å²) in [5.41, 5.74) is 0.808. The van der Waals surface area contributed by atoms with Crippen LogP contribution in [0.5, 0.6) is 0 Å². The van der Waals surface area contributed by atoms with Crippen molar-refractivity contribution in [3.8, 4) is 12.3 Å². The van der Waals surface area contributed by atoms with E-state index in [9.17, 15) is 0 Å². The number of hydrogen-bond donors (Lipinski definition) is 0. The molecule has 2 nitrogen and oxygen atoms in total. The average Bonchev–Trinajstić information content (AvgIpc) is 2.30. The third-order valence-electron chi connectivity index (χ3n) is 1.23. The number of rotatable bonds is 1. The van der Waals surface area contributed by atoms with Crippen molar-refractivity contribution >= 4 is 15.9 Å². The fraction of sp³-hybridized carbons (Fsp3) is 0.286. The lowest BCUT2D eigenvalue weighted by atomic mass is 10.4. The van der Waals surface area contributed by atoms with Crippen molar-refractivity contribution in [1.29, 1.82) is 0 Å². The van der Waals surface area contributed by atoms with Gasteiger partial charge in [-0.3, -0.25) is 4.68 Å². The van der Waals surface area contributed by atoms with Crippen molar-refractivity contribution in [3.63, 3.8) is 0 Å². The van der Waals surface area contributed by atoms with Crippen molar-refractivity contribution in [2.75, 3.05) is 0 Å². The van der Waals surface area contributed by atoms with Crippen molar-refractivity contribution in [2.45, 2.75) is 13.5 Å². The minimum Gasteiger partial charge on any atom is -0.256 e. The van der Waals surface area contributed by atoms with Crippen molar-refractivity contribution in [2.24, 2.45) is 0 Å². The van der Waals surface area contributed by atoms with Crippen molar-refractivity contribution in [3.05, 3.63) is 16.4 Å². The number of halogens is 1. The largest absolute Gasteiger partial charge is 0.256 e. The number of nitrogens with zero attached hydrogens (tertiary/aromatic N) is 2. The second-order valence-electron chi connectivity index (χ2n) is 1.80. The molecular weight excluding hydrogens is 192 g/mol. The van der Waals surface area contributed by atoms with Crippen LogP contribution >= 0.6 is 15.9 Å². The normalized spacial score (nSPS) is 9.30. The summed E-state index contributed by atoms with van der Waals surface area (Å²) < 4.78 is 2.65. The highest BCUT2D eigenvalue weighted by molar-refractivity contribution is 9.10. The van der Waals surface area contributed by atoms with Crippen LogP contribution in [0.4, 0.5) is 0 Å². The van der Waals surface area contributed by atoms with Gasteiger partial charge in [-0.25, -0.2) is 0 Å². The summed E-state index contributed by atoms with van der Waals surface area (Å²) in [6.45, 7) is 2.81. The van der Waals surface area contributed by atoms with Gasteiger partial charge in [0, 0.05) is 6.54 Å². The van der Waals surface area contributed by atoms with Crippen LogP contribution in [0.1, 0.15) is 12.6 Å². The lowest BCUT2D eigenvalue weighted by Crippen LogP contribution is -1.98. The maximum absolute atomic E-state index is 5.23. The zero-order chi connectivity index (χ0) is 7.56. The molecule has 0 amide bonds. The Kier molecular flexibility index (Phi) is 2.13. The number of aryl methyl sites for hydroxylation is 1. The first kappa shape index (κ1) is 7.36. The molecule has 0 spiro atoms. The smallest absolute Gasteiger partial charge is 0.125 e. The molecule has 0 atom stereocenters. The number of aromatic nitrogens is 2. The topological polar surface area (TPSA) is 17.8 Å². The molecule has 0 radical (unpaired) electrons. The van der Waals surface area contributed by atoms with Gasteiger partial charge in [-0.05, 0) is 28.8 Å². The summed E-state index contributed by atoms with van der Waals surface area (Å²) in [5.74, 6) is 2.55. The fourth-order valence-electron chi connectivity index (χ4n) is 0.746. The summed E-state index contributed by atoms with van der Waals surface area (Å²) in [6, 6.07) is 0. The van der Waals surface area contributed by atoms with Crippen LogP contribution in [-0.4, -0.2) is 9.78 Å². The number of hydrogen-bond acceptors (Lipinski definition) is 1. The molecule has 3 heteroatoms. The molecule has 0 aliphatic rings. The molecule has 0 saturated carbocycles. The third kappa shape index (κ3) is 1.07. The number of terminal acetylenes is 1. The van der Waals surface area contributed by atoms with E-state index >= 15 is 0 Å². The summed E-state index contributed by atoms with van der Waals surface area (Å²) in [7, 11) is 0. The molecule has 0 aliphatic carbocycles. The lowest BCUT2D eigenvalue weighted by molar-refractivity contribution is 0.652. The molecule has 52 valence electrons. The molecule has 1 aromatic rings. The van der Waals surface area contributed by atoms with Gasteiger partial charge in [0.25, 0.3) is 0 Å². The molecule has 0 fully saturated rings. The molecule has 0 aliphatic heterocycles. The van der Waals surface area contributed by atoms with Gasteiger partial charge in [0.2, 0.25) is 0 Å². The molecule has 0 N–H and O–H groups in total. The SMILES string of the molecule is C#Cc1c(Br)cnn1CC. The van der Waals surface area contributed by atoms with Crippen LogP contribution in [0.2, 0.25) is 0 Å². The Morgan fingerprint density at radius 3 is 3.00 bits per heavy atom. The minimum atomic E-state index is 0.808. The molecule has 1 rings (SSSR count). The van der Waals surface area contributed by atoms with E-state index in [0.717, 1.165) is 16.7 Å². The zero-order valence-electron chi connectivity index (χ0n) is 5.63. The Morgan fingerprint density at radius 1 is 1.90 bits per heavy atom. The van der Waals surface area contributed by atoms with Gasteiger partial charge in [0.1, 0.15) is 5.69 Å². The standard InChI is InChI=1S/C7H7BrN2/c1-3-7-6(8)5-9-10(7)4-2/h1,5H,4H2,2H3. The molecule has 1 heterocycles. The van der Waals surface area contributed by atoms with Gasteiger partial charge in [-0.15, -0.1) is 6.42 Å². The van der Waals surface area contributed by atoms with E-state index in [1.807, 2.05) is 6.92 Å².